The summed E-state index contributed by atoms with van der Waals surface area (Å²) in [5, 5.41) is 6.81. The van der Waals surface area contributed by atoms with Crippen molar-refractivity contribution in [3.8, 4) is 28.2 Å². The molecule has 0 amide bonds. The van der Waals surface area contributed by atoms with Gasteiger partial charge >= 0.3 is 0 Å². The standard InChI is InChI=1S/C50H29N5/c1-51-34-29-33(30-36(31-34)53-46-22-10-6-16-41(46)49-42(52-2)18-12-23-47(49)53)32-25-27-35(28-26-32)54-43-19-7-5-15-39(43)40-17-11-24-48(50(40)54)55-44-20-8-3-13-37(44)38-14-4-9-21-45(38)55/h3-31H. The average Bonchev–Trinajstić information content (AvgIpc) is 3.90. The van der Waals surface area contributed by atoms with Gasteiger partial charge in [-0.25, -0.2) is 9.69 Å². The van der Waals surface area contributed by atoms with E-state index in [1.54, 1.807) is 0 Å². The summed E-state index contributed by atoms with van der Waals surface area (Å²) in [6.45, 7) is 15.9. The second-order valence-corrected chi connectivity index (χ2v) is 13.9. The Hall–Kier alpha value is -7.86. The lowest BCUT2D eigenvalue weighted by atomic mass is 10.0. The monoisotopic (exact) mass is 699 g/mol. The van der Waals surface area contributed by atoms with Crippen LogP contribution in [0.2, 0.25) is 0 Å². The van der Waals surface area contributed by atoms with Crippen molar-refractivity contribution >= 4 is 76.8 Å². The van der Waals surface area contributed by atoms with Crippen LogP contribution in [-0.4, -0.2) is 13.7 Å². The molecule has 5 nitrogen and oxygen atoms in total. The molecule has 0 fully saturated rings. The molecule has 0 unspecified atom stereocenters. The fourth-order valence-electron chi connectivity index (χ4n) is 8.76. The van der Waals surface area contributed by atoms with Gasteiger partial charge in [0.2, 0.25) is 0 Å². The first-order valence-electron chi connectivity index (χ1n) is 18.3. The normalized spacial score (nSPS) is 11.6. The average molecular weight is 700 g/mol. The van der Waals surface area contributed by atoms with E-state index in [2.05, 4.69) is 163 Å². The van der Waals surface area contributed by atoms with Crippen LogP contribution in [0.15, 0.2) is 176 Å². The van der Waals surface area contributed by atoms with Crippen molar-refractivity contribution in [1.82, 2.24) is 13.7 Å². The first-order chi connectivity index (χ1) is 27.2. The van der Waals surface area contributed by atoms with Crippen molar-refractivity contribution in [3.05, 3.63) is 199 Å². The van der Waals surface area contributed by atoms with Crippen LogP contribution in [0.4, 0.5) is 11.4 Å². The van der Waals surface area contributed by atoms with Crippen LogP contribution in [0.25, 0.3) is 103 Å². The molecule has 254 valence electrons. The predicted octanol–water partition coefficient (Wildman–Crippen LogP) is 13.7. The summed E-state index contributed by atoms with van der Waals surface area (Å²) < 4.78 is 6.98. The van der Waals surface area contributed by atoms with Gasteiger partial charge in [-0.1, -0.05) is 109 Å². The Morgan fingerprint density at radius 3 is 1.56 bits per heavy atom. The Bertz CT molecular complexity index is 3400. The molecule has 0 saturated heterocycles. The van der Waals surface area contributed by atoms with Gasteiger partial charge in [0.15, 0.2) is 11.4 Å². The first kappa shape index (κ1) is 30.7. The summed E-state index contributed by atoms with van der Waals surface area (Å²) in [7, 11) is 0. The number of para-hydroxylation sites is 5. The zero-order chi connectivity index (χ0) is 36.6. The molecule has 0 saturated carbocycles. The molecule has 0 aliphatic rings. The fraction of sp³-hybridized carbons (Fsp3) is 0. The minimum Gasteiger partial charge on any atom is -0.312 e. The topological polar surface area (TPSA) is 23.5 Å². The largest absolute Gasteiger partial charge is 0.312 e. The van der Waals surface area contributed by atoms with Crippen molar-refractivity contribution in [1.29, 1.82) is 0 Å². The molecule has 0 bridgehead atoms. The Balaban J connectivity index is 1.11. The van der Waals surface area contributed by atoms with E-state index in [0.29, 0.717) is 11.4 Å². The van der Waals surface area contributed by atoms with Crippen LogP contribution < -0.4 is 0 Å². The van der Waals surface area contributed by atoms with Crippen molar-refractivity contribution in [2.45, 2.75) is 0 Å². The molecule has 0 N–H and O–H groups in total. The van der Waals surface area contributed by atoms with Crippen molar-refractivity contribution in [3.63, 3.8) is 0 Å². The Morgan fingerprint density at radius 1 is 0.364 bits per heavy atom. The van der Waals surface area contributed by atoms with Crippen LogP contribution in [0, 0.1) is 13.1 Å². The number of benzene rings is 8. The molecule has 11 rings (SSSR count). The van der Waals surface area contributed by atoms with Gasteiger partial charge in [0.25, 0.3) is 0 Å². The maximum Gasteiger partial charge on any atom is 0.197 e. The van der Waals surface area contributed by atoms with E-state index in [1.807, 2.05) is 36.4 Å². The van der Waals surface area contributed by atoms with Crippen LogP contribution in [-0.2, 0) is 0 Å². The number of hydrogen-bond acceptors (Lipinski definition) is 0. The third-order valence-electron chi connectivity index (χ3n) is 11.0. The van der Waals surface area contributed by atoms with Crippen LogP contribution in [0.5, 0.6) is 0 Å². The molecule has 3 aromatic heterocycles. The minimum absolute atomic E-state index is 0.557. The third-order valence-corrected chi connectivity index (χ3v) is 11.0. The molecule has 0 aliphatic carbocycles. The zero-order valence-electron chi connectivity index (χ0n) is 29.5. The van der Waals surface area contributed by atoms with Crippen LogP contribution in [0.1, 0.15) is 0 Å². The molecule has 11 aromatic rings. The third kappa shape index (κ3) is 4.45. The van der Waals surface area contributed by atoms with Crippen molar-refractivity contribution in [2.24, 2.45) is 0 Å². The first-order valence-corrected chi connectivity index (χ1v) is 18.3. The lowest BCUT2D eigenvalue weighted by Gasteiger charge is -2.15. The maximum absolute atomic E-state index is 8.05. The maximum atomic E-state index is 8.05. The van der Waals surface area contributed by atoms with E-state index in [9.17, 15) is 0 Å². The summed E-state index contributed by atoms with van der Waals surface area (Å²) in [5.41, 5.74) is 12.8. The van der Waals surface area contributed by atoms with Gasteiger partial charge in [-0.2, -0.15) is 0 Å². The van der Waals surface area contributed by atoms with Crippen molar-refractivity contribution in [2.75, 3.05) is 0 Å². The number of nitrogens with zero attached hydrogens (tertiary/aromatic N) is 5. The molecule has 0 spiro atoms. The van der Waals surface area contributed by atoms with E-state index in [-0.39, 0.29) is 0 Å². The molecule has 0 atom stereocenters. The highest BCUT2D eigenvalue weighted by Crippen LogP contribution is 2.42. The summed E-state index contributed by atoms with van der Waals surface area (Å²) in [6, 6.07) is 61.4. The van der Waals surface area contributed by atoms with E-state index in [0.717, 1.165) is 61.0 Å². The molecule has 3 heterocycles. The number of aromatic nitrogens is 3. The van der Waals surface area contributed by atoms with Crippen LogP contribution in [0.3, 0.4) is 0 Å². The highest BCUT2D eigenvalue weighted by Gasteiger charge is 2.20. The van der Waals surface area contributed by atoms with Gasteiger partial charge in [-0.3, -0.25) is 0 Å². The molecule has 55 heavy (non-hydrogen) atoms. The molecule has 0 radical (unpaired) electrons. The number of hydrogen-bond donors (Lipinski definition) is 0. The smallest absolute Gasteiger partial charge is 0.197 e. The van der Waals surface area contributed by atoms with Gasteiger partial charge < -0.3 is 13.7 Å². The Morgan fingerprint density at radius 2 is 0.909 bits per heavy atom. The molecular formula is C50H29N5. The summed E-state index contributed by atoms with van der Waals surface area (Å²) >= 11 is 0. The quantitative estimate of drug-likeness (QED) is 0.163. The fourth-order valence-corrected chi connectivity index (χ4v) is 8.76. The molecule has 5 heteroatoms. The minimum atomic E-state index is 0.557. The van der Waals surface area contributed by atoms with Crippen LogP contribution >= 0.6 is 0 Å². The van der Waals surface area contributed by atoms with Crippen molar-refractivity contribution < 1.29 is 0 Å². The second-order valence-electron chi connectivity index (χ2n) is 13.9. The summed E-state index contributed by atoms with van der Waals surface area (Å²) in [6.07, 6.45) is 0. The summed E-state index contributed by atoms with van der Waals surface area (Å²) in [5.74, 6) is 0. The zero-order valence-corrected chi connectivity index (χ0v) is 29.5. The highest BCUT2D eigenvalue weighted by molar-refractivity contribution is 6.16. The van der Waals surface area contributed by atoms with E-state index in [4.69, 9.17) is 13.1 Å². The number of rotatable bonds is 4. The Labute approximate surface area is 316 Å². The van der Waals surface area contributed by atoms with Gasteiger partial charge in [-0.05, 0) is 83.2 Å². The van der Waals surface area contributed by atoms with Gasteiger partial charge in [0.05, 0.1) is 46.4 Å². The van der Waals surface area contributed by atoms with E-state index in [1.165, 1.54) is 32.6 Å². The summed E-state index contributed by atoms with van der Waals surface area (Å²) in [4.78, 5) is 7.76. The molecular weight excluding hydrogens is 671 g/mol. The highest BCUT2D eigenvalue weighted by atomic mass is 15.1. The SMILES string of the molecule is [C-]#[N+]c1cc(-c2ccc(-n3c4ccccc4c4cccc(-n5c6ccccc6c6ccccc65)c43)cc2)cc(-n2c3ccccc3c3c([N+]#[C-])cccc32)c1. The Kier molecular flexibility index (Phi) is 6.61. The lowest BCUT2D eigenvalue weighted by molar-refractivity contribution is 1.13. The molecule has 8 aromatic carbocycles. The molecule has 0 aliphatic heterocycles. The second kappa shape index (κ2) is 11.8. The van der Waals surface area contributed by atoms with E-state index >= 15 is 0 Å². The predicted molar refractivity (Wildman–Crippen MR) is 227 cm³/mol. The number of fused-ring (bicyclic) bond motifs is 9. The van der Waals surface area contributed by atoms with Gasteiger partial charge in [-0.15, -0.1) is 0 Å². The van der Waals surface area contributed by atoms with Gasteiger partial charge in [0.1, 0.15) is 0 Å². The van der Waals surface area contributed by atoms with E-state index < -0.39 is 0 Å². The van der Waals surface area contributed by atoms with Gasteiger partial charge in [0, 0.05) is 43.8 Å². The lowest BCUT2D eigenvalue weighted by Crippen LogP contribution is -2.00.